The summed E-state index contributed by atoms with van der Waals surface area (Å²) >= 11 is 0. The number of imidazole rings is 1. The molecular weight excluding hydrogens is 398 g/mol. The van der Waals surface area contributed by atoms with Crippen LogP contribution >= 0.6 is 0 Å². The van der Waals surface area contributed by atoms with Crippen LogP contribution in [-0.2, 0) is 6.42 Å². The molecular formula is C19H16F2N6O3. The van der Waals surface area contributed by atoms with Crippen LogP contribution < -0.4 is 4.74 Å². The van der Waals surface area contributed by atoms with E-state index in [1.165, 1.54) is 4.90 Å². The minimum atomic E-state index is -2.92. The van der Waals surface area contributed by atoms with Crippen LogP contribution in [0, 0.1) is 0 Å². The Morgan fingerprint density at radius 3 is 3.07 bits per heavy atom. The molecule has 11 heteroatoms. The Morgan fingerprint density at radius 1 is 1.40 bits per heavy atom. The van der Waals surface area contributed by atoms with Gasteiger partial charge in [0.2, 0.25) is 5.76 Å². The predicted octanol–water partition coefficient (Wildman–Crippen LogP) is 2.78. The van der Waals surface area contributed by atoms with Gasteiger partial charge in [0.05, 0.1) is 24.8 Å². The van der Waals surface area contributed by atoms with E-state index in [0.717, 1.165) is 12.1 Å². The second-order valence-electron chi connectivity index (χ2n) is 6.76. The van der Waals surface area contributed by atoms with Crippen molar-refractivity contribution in [3.8, 4) is 5.75 Å². The number of hydrogen-bond acceptors (Lipinski definition) is 6. The minimum Gasteiger partial charge on any atom is -0.494 e. The molecule has 5 heterocycles. The Labute approximate surface area is 168 Å². The van der Waals surface area contributed by atoms with E-state index in [9.17, 15) is 13.6 Å². The summed E-state index contributed by atoms with van der Waals surface area (Å²) in [6.07, 6.45) is 1.72. The number of fused-ring (bicyclic) bond motifs is 2. The van der Waals surface area contributed by atoms with Crippen LogP contribution in [0.2, 0.25) is 0 Å². The molecule has 0 fully saturated rings. The van der Waals surface area contributed by atoms with Crippen LogP contribution in [0.1, 0.15) is 45.8 Å². The number of aromatic nitrogens is 5. The van der Waals surface area contributed by atoms with Crippen molar-refractivity contribution >= 4 is 11.4 Å². The number of aromatic amines is 1. The van der Waals surface area contributed by atoms with Gasteiger partial charge in [-0.15, -0.1) is 0 Å². The van der Waals surface area contributed by atoms with Crippen LogP contribution in [0.25, 0.3) is 5.52 Å². The molecule has 1 aliphatic heterocycles. The van der Waals surface area contributed by atoms with Crippen LogP contribution in [0.5, 0.6) is 5.75 Å². The summed E-state index contributed by atoms with van der Waals surface area (Å²) in [5, 5.41) is 4.59. The van der Waals surface area contributed by atoms with Gasteiger partial charge in [0.1, 0.15) is 17.3 Å². The van der Waals surface area contributed by atoms with Gasteiger partial charge in [0.25, 0.3) is 12.3 Å². The number of halogens is 2. The van der Waals surface area contributed by atoms with E-state index in [2.05, 4.69) is 20.1 Å². The number of H-pyrrole nitrogens is 1. The summed E-state index contributed by atoms with van der Waals surface area (Å²) in [5.41, 5.74) is 2.02. The van der Waals surface area contributed by atoms with E-state index in [4.69, 9.17) is 9.15 Å². The molecule has 0 aliphatic carbocycles. The number of nitrogens with one attached hydrogen (secondary N) is 1. The molecule has 1 amide bonds. The maximum atomic E-state index is 13.3. The molecule has 5 rings (SSSR count). The van der Waals surface area contributed by atoms with E-state index >= 15 is 0 Å². The number of nitrogens with zero attached hydrogens (tertiary/aromatic N) is 5. The predicted molar refractivity (Wildman–Crippen MR) is 98.4 cm³/mol. The number of alkyl halides is 2. The van der Waals surface area contributed by atoms with Crippen molar-refractivity contribution in [2.24, 2.45) is 0 Å². The third-order valence-corrected chi connectivity index (χ3v) is 5.16. The Balaban J connectivity index is 1.63. The third kappa shape index (κ3) is 2.73. The highest BCUT2D eigenvalue weighted by atomic mass is 19.3. The lowest BCUT2D eigenvalue weighted by atomic mass is 9.99. The van der Waals surface area contributed by atoms with Gasteiger partial charge in [-0.2, -0.15) is 5.10 Å². The fraction of sp³-hybridized carbons (Fsp3) is 0.263. The van der Waals surface area contributed by atoms with E-state index in [0.29, 0.717) is 29.1 Å². The molecule has 1 atom stereocenters. The SMILES string of the molecule is COc1cccn2nc(C3c4nc[nH]c4CCN3C(=O)c3ocnc3C(F)F)cc12. The Kier molecular flexibility index (Phi) is 4.23. The van der Waals surface area contributed by atoms with Crippen molar-refractivity contribution in [3.63, 3.8) is 0 Å². The average Bonchev–Trinajstić information content (AvgIpc) is 3.50. The van der Waals surface area contributed by atoms with Crippen molar-refractivity contribution in [3.05, 3.63) is 65.7 Å². The Morgan fingerprint density at radius 2 is 2.27 bits per heavy atom. The quantitative estimate of drug-likeness (QED) is 0.551. The fourth-order valence-electron chi connectivity index (χ4n) is 3.81. The van der Waals surface area contributed by atoms with Gasteiger partial charge in [0, 0.05) is 24.9 Å². The summed E-state index contributed by atoms with van der Waals surface area (Å²) in [4.78, 5) is 25.6. The highest BCUT2D eigenvalue weighted by Crippen LogP contribution is 2.36. The number of rotatable bonds is 4. The molecule has 0 saturated carbocycles. The lowest BCUT2D eigenvalue weighted by Crippen LogP contribution is -2.41. The maximum absolute atomic E-state index is 13.3. The first-order valence-corrected chi connectivity index (χ1v) is 9.15. The van der Waals surface area contributed by atoms with Crippen molar-refractivity contribution in [1.29, 1.82) is 0 Å². The molecule has 154 valence electrons. The summed E-state index contributed by atoms with van der Waals surface area (Å²) < 4.78 is 38.6. The highest BCUT2D eigenvalue weighted by molar-refractivity contribution is 5.93. The number of ether oxygens (including phenoxy) is 1. The molecule has 0 saturated heterocycles. The molecule has 1 N–H and O–H groups in total. The van der Waals surface area contributed by atoms with Crippen molar-refractivity contribution < 1.29 is 22.7 Å². The van der Waals surface area contributed by atoms with Gasteiger partial charge >= 0.3 is 0 Å². The Bertz CT molecular complexity index is 1230. The zero-order chi connectivity index (χ0) is 20.8. The van der Waals surface area contributed by atoms with Gasteiger partial charge in [-0.05, 0) is 18.2 Å². The summed E-state index contributed by atoms with van der Waals surface area (Å²) in [6.45, 7) is 0.271. The molecule has 9 nitrogen and oxygen atoms in total. The first-order chi connectivity index (χ1) is 14.6. The largest absolute Gasteiger partial charge is 0.494 e. The number of hydrogen-bond donors (Lipinski definition) is 1. The molecule has 1 unspecified atom stereocenters. The minimum absolute atomic E-state index is 0.271. The lowest BCUT2D eigenvalue weighted by molar-refractivity contribution is 0.0639. The van der Waals surface area contributed by atoms with Crippen LogP contribution in [0.15, 0.2) is 41.5 Å². The normalized spacial score (nSPS) is 16.3. The van der Waals surface area contributed by atoms with Crippen molar-refractivity contribution in [1.82, 2.24) is 29.5 Å². The van der Waals surface area contributed by atoms with Gasteiger partial charge in [-0.3, -0.25) is 4.79 Å². The highest BCUT2D eigenvalue weighted by Gasteiger charge is 2.39. The first kappa shape index (κ1) is 18.3. The molecule has 1 aliphatic rings. The van der Waals surface area contributed by atoms with Crippen molar-refractivity contribution in [2.75, 3.05) is 13.7 Å². The van der Waals surface area contributed by atoms with Gasteiger partial charge < -0.3 is 19.0 Å². The van der Waals surface area contributed by atoms with Crippen LogP contribution in [0.4, 0.5) is 8.78 Å². The van der Waals surface area contributed by atoms with E-state index in [-0.39, 0.29) is 6.54 Å². The molecule has 0 radical (unpaired) electrons. The van der Waals surface area contributed by atoms with E-state index < -0.39 is 29.8 Å². The summed E-state index contributed by atoms with van der Waals surface area (Å²) in [5.74, 6) is -0.553. The number of pyridine rings is 1. The van der Waals surface area contributed by atoms with Crippen molar-refractivity contribution in [2.45, 2.75) is 18.9 Å². The zero-order valence-corrected chi connectivity index (χ0v) is 15.7. The summed E-state index contributed by atoms with van der Waals surface area (Å²) in [6, 6.07) is 4.69. The van der Waals surface area contributed by atoms with Gasteiger partial charge in [0.15, 0.2) is 12.1 Å². The number of carbonyl (C=O) groups excluding carboxylic acids is 1. The second-order valence-corrected chi connectivity index (χ2v) is 6.76. The lowest BCUT2D eigenvalue weighted by Gasteiger charge is -2.33. The topological polar surface area (TPSA) is 102 Å². The number of carbonyl (C=O) groups is 1. The number of oxazole rings is 1. The maximum Gasteiger partial charge on any atom is 0.292 e. The van der Waals surface area contributed by atoms with E-state index in [1.54, 1.807) is 42.3 Å². The smallest absolute Gasteiger partial charge is 0.292 e. The fourth-order valence-corrected chi connectivity index (χ4v) is 3.81. The van der Waals surface area contributed by atoms with Gasteiger partial charge in [-0.1, -0.05) is 0 Å². The average molecular weight is 414 g/mol. The van der Waals surface area contributed by atoms with Gasteiger partial charge in [-0.25, -0.2) is 23.3 Å². The monoisotopic (exact) mass is 414 g/mol. The van der Waals surface area contributed by atoms with E-state index in [1.807, 2.05) is 0 Å². The number of methoxy groups -OCH3 is 1. The second kappa shape index (κ2) is 6.94. The molecule has 0 spiro atoms. The third-order valence-electron chi connectivity index (χ3n) is 5.16. The van der Waals surface area contributed by atoms with Crippen LogP contribution in [-0.4, -0.2) is 49.0 Å². The zero-order valence-electron chi connectivity index (χ0n) is 15.7. The molecule has 30 heavy (non-hydrogen) atoms. The van der Waals surface area contributed by atoms with Crippen LogP contribution in [0.3, 0.4) is 0 Å². The molecule has 0 aromatic carbocycles. The first-order valence-electron chi connectivity index (χ1n) is 9.15. The molecule has 4 aromatic heterocycles. The standard InChI is InChI=1S/C19H16F2N6O3/c1-29-13-3-2-5-27-12(13)7-11(25-27)16-14-10(22-8-23-14)4-6-26(16)19(28)17-15(18(20)21)24-9-30-17/h2-3,5,7-9,16,18H,4,6H2,1H3,(H,22,23). The Hall–Kier alpha value is -3.76. The molecule has 0 bridgehead atoms. The molecule has 4 aromatic rings. The summed E-state index contributed by atoms with van der Waals surface area (Å²) in [7, 11) is 1.56. The number of amides is 1.